The minimum atomic E-state index is -0.208. The van der Waals surface area contributed by atoms with E-state index in [9.17, 15) is 4.79 Å². The van der Waals surface area contributed by atoms with Crippen molar-refractivity contribution in [3.05, 3.63) is 112 Å². The first kappa shape index (κ1) is 22.9. The number of carbonyl (C=O) groups is 1. The zero-order chi connectivity index (χ0) is 24.2. The van der Waals surface area contributed by atoms with Gasteiger partial charge in [-0.2, -0.15) is 0 Å². The summed E-state index contributed by atoms with van der Waals surface area (Å²) >= 11 is 3.57. The molecule has 5 nitrogen and oxygen atoms in total. The molecule has 0 aliphatic heterocycles. The lowest BCUT2D eigenvalue weighted by atomic mass is 10.1. The van der Waals surface area contributed by atoms with E-state index in [0.29, 0.717) is 29.5 Å². The number of aryl methyl sites for hydroxylation is 1. The molecule has 4 aromatic carbocycles. The van der Waals surface area contributed by atoms with E-state index in [1.54, 1.807) is 12.1 Å². The molecule has 0 saturated carbocycles. The highest BCUT2D eigenvalue weighted by Crippen LogP contribution is 2.31. The second-order valence-corrected chi connectivity index (χ2v) is 8.99. The lowest BCUT2D eigenvalue weighted by Gasteiger charge is -2.09. The van der Waals surface area contributed by atoms with Gasteiger partial charge in [0, 0.05) is 16.8 Å². The second-order valence-electron chi connectivity index (χ2n) is 8.13. The fourth-order valence-corrected chi connectivity index (χ4v) is 4.32. The summed E-state index contributed by atoms with van der Waals surface area (Å²) in [5.41, 5.74) is 5.84. The van der Waals surface area contributed by atoms with E-state index in [4.69, 9.17) is 9.15 Å². The van der Waals surface area contributed by atoms with Gasteiger partial charge in [0.15, 0.2) is 5.58 Å². The largest absolute Gasteiger partial charge is 0.489 e. The highest BCUT2D eigenvalue weighted by atomic mass is 79.9. The Balaban J connectivity index is 1.27. The van der Waals surface area contributed by atoms with Crippen molar-refractivity contribution in [3.8, 4) is 17.2 Å². The monoisotopic (exact) mass is 526 g/mol. The van der Waals surface area contributed by atoms with Crippen molar-refractivity contribution in [1.29, 1.82) is 0 Å². The van der Waals surface area contributed by atoms with Gasteiger partial charge in [-0.3, -0.25) is 4.79 Å². The molecule has 1 amide bonds. The van der Waals surface area contributed by atoms with Gasteiger partial charge in [-0.15, -0.1) is 0 Å². The van der Waals surface area contributed by atoms with Crippen LogP contribution in [0.15, 0.2) is 99.9 Å². The SMILES string of the molecule is CCc1cc(Br)c2oc(-c3ccc(NC(=O)c4cccc(OCc5ccccc5)c4)cc3)nc2c1. The fraction of sp³-hybridized carbons (Fsp3) is 0.103. The zero-order valence-electron chi connectivity index (χ0n) is 19.1. The molecule has 174 valence electrons. The maximum absolute atomic E-state index is 12.8. The number of nitrogens with zero attached hydrogens (tertiary/aromatic N) is 1. The first-order valence-electron chi connectivity index (χ1n) is 11.4. The average molecular weight is 527 g/mol. The lowest BCUT2D eigenvalue weighted by Crippen LogP contribution is -2.11. The fourth-order valence-electron chi connectivity index (χ4n) is 3.74. The van der Waals surface area contributed by atoms with E-state index in [1.807, 2.05) is 72.8 Å². The van der Waals surface area contributed by atoms with Gasteiger partial charge in [-0.25, -0.2) is 4.98 Å². The quantitative estimate of drug-likeness (QED) is 0.236. The van der Waals surface area contributed by atoms with Crippen LogP contribution in [0.25, 0.3) is 22.6 Å². The third-order valence-corrected chi connectivity index (χ3v) is 6.24. The Kier molecular flexibility index (Phi) is 6.64. The van der Waals surface area contributed by atoms with Crippen LogP contribution < -0.4 is 10.1 Å². The third-order valence-electron chi connectivity index (χ3n) is 5.65. The van der Waals surface area contributed by atoms with Crippen LogP contribution in [0, 0.1) is 0 Å². The molecule has 0 bridgehead atoms. The maximum Gasteiger partial charge on any atom is 0.255 e. The topological polar surface area (TPSA) is 64.4 Å². The molecular weight excluding hydrogens is 504 g/mol. The summed E-state index contributed by atoms with van der Waals surface area (Å²) in [5, 5.41) is 2.94. The van der Waals surface area contributed by atoms with Crippen LogP contribution in [0.3, 0.4) is 0 Å². The van der Waals surface area contributed by atoms with Crippen LogP contribution >= 0.6 is 15.9 Å². The summed E-state index contributed by atoms with van der Waals surface area (Å²) in [6, 6.07) is 28.6. The highest BCUT2D eigenvalue weighted by Gasteiger charge is 2.13. The third kappa shape index (κ3) is 5.28. The van der Waals surface area contributed by atoms with Crippen LogP contribution in [0.5, 0.6) is 5.75 Å². The number of fused-ring (bicyclic) bond motifs is 1. The summed E-state index contributed by atoms with van der Waals surface area (Å²) in [4.78, 5) is 17.4. The molecule has 1 N–H and O–H groups in total. The van der Waals surface area contributed by atoms with Gasteiger partial charge in [0.1, 0.15) is 17.9 Å². The molecule has 5 rings (SSSR count). The molecule has 1 aromatic heterocycles. The first-order valence-corrected chi connectivity index (χ1v) is 12.2. The maximum atomic E-state index is 12.8. The number of rotatable bonds is 7. The Hall–Kier alpha value is -3.90. The number of amides is 1. The number of hydrogen-bond donors (Lipinski definition) is 1. The van der Waals surface area contributed by atoms with Crippen LogP contribution in [0.4, 0.5) is 5.69 Å². The van der Waals surface area contributed by atoms with Crippen molar-refractivity contribution in [2.75, 3.05) is 5.32 Å². The van der Waals surface area contributed by atoms with Crippen molar-refractivity contribution >= 4 is 38.6 Å². The Morgan fingerprint density at radius 2 is 1.74 bits per heavy atom. The van der Waals surface area contributed by atoms with Gasteiger partial charge >= 0.3 is 0 Å². The highest BCUT2D eigenvalue weighted by molar-refractivity contribution is 9.10. The summed E-state index contributed by atoms with van der Waals surface area (Å²) < 4.78 is 12.7. The molecule has 5 aromatic rings. The predicted octanol–water partition coefficient (Wildman–Crippen LogP) is 7.65. The number of nitrogens with one attached hydrogen (secondary N) is 1. The van der Waals surface area contributed by atoms with Gasteiger partial charge in [0.25, 0.3) is 5.91 Å². The Morgan fingerprint density at radius 3 is 2.51 bits per heavy atom. The number of carbonyl (C=O) groups excluding carboxylic acids is 1. The summed E-state index contributed by atoms with van der Waals surface area (Å²) in [6.45, 7) is 2.55. The van der Waals surface area contributed by atoms with Crippen molar-refractivity contribution in [1.82, 2.24) is 4.98 Å². The smallest absolute Gasteiger partial charge is 0.255 e. The summed E-state index contributed by atoms with van der Waals surface area (Å²) in [5.74, 6) is 0.973. The minimum Gasteiger partial charge on any atom is -0.489 e. The lowest BCUT2D eigenvalue weighted by molar-refractivity contribution is 0.102. The van der Waals surface area contributed by atoms with E-state index in [-0.39, 0.29) is 5.91 Å². The number of anilines is 1. The molecule has 0 atom stereocenters. The normalized spacial score (nSPS) is 10.9. The van der Waals surface area contributed by atoms with Crippen LogP contribution in [-0.4, -0.2) is 10.9 Å². The number of ether oxygens (including phenoxy) is 1. The van der Waals surface area contributed by atoms with Gasteiger partial charge in [0.2, 0.25) is 5.89 Å². The molecule has 35 heavy (non-hydrogen) atoms. The average Bonchev–Trinajstić information content (AvgIpc) is 3.33. The van der Waals surface area contributed by atoms with Crippen LogP contribution in [0.1, 0.15) is 28.4 Å². The predicted molar refractivity (Wildman–Crippen MR) is 142 cm³/mol. The van der Waals surface area contributed by atoms with E-state index in [0.717, 1.165) is 33.1 Å². The Bertz CT molecular complexity index is 1480. The molecule has 0 saturated heterocycles. The van der Waals surface area contributed by atoms with Gasteiger partial charge in [0.05, 0.1) is 4.47 Å². The number of oxazole rings is 1. The zero-order valence-corrected chi connectivity index (χ0v) is 20.7. The number of aromatic nitrogens is 1. The molecule has 0 aliphatic rings. The standard InChI is InChI=1S/C29H23BrN2O3/c1-2-19-15-25(30)27-26(16-19)32-29(35-27)21-11-13-23(14-12-21)31-28(33)22-9-6-10-24(17-22)34-18-20-7-4-3-5-8-20/h3-17H,2,18H2,1H3,(H,31,33). The minimum absolute atomic E-state index is 0.208. The van der Waals surface area contributed by atoms with Crippen molar-refractivity contribution in [3.63, 3.8) is 0 Å². The molecule has 6 heteroatoms. The van der Waals surface area contributed by atoms with Crippen molar-refractivity contribution in [2.24, 2.45) is 0 Å². The van der Waals surface area contributed by atoms with Crippen LogP contribution in [-0.2, 0) is 13.0 Å². The molecule has 0 radical (unpaired) electrons. The molecular formula is C29H23BrN2O3. The van der Waals surface area contributed by atoms with E-state index < -0.39 is 0 Å². The van der Waals surface area contributed by atoms with E-state index >= 15 is 0 Å². The van der Waals surface area contributed by atoms with E-state index in [2.05, 4.69) is 39.2 Å². The summed E-state index contributed by atoms with van der Waals surface area (Å²) in [7, 11) is 0. The molecule has 0 aliphatic carbocycles. The van der Waals surface area contributed by atoms with Crippen LogP contribution in [0.2, 0.25) is 0 Å². The number of halogens is 1. The molecule has 1 heterocycles. The Morgan fingerprint density at radius 1 is 0.943 bits per heavy atom. The van der Waals surface area contributed by atoms with Crippen molar-refractivity contribution in [2.45, 2.75) is 20.0 Å². The van der Waals surface area contributed by atoms with Gasteiger partial charge in [-0.05, 0) is 88.1 Å². The molecule has 0 unspecified atom stereocenters. The number of hydrogen-bond acceptors (Lipinski definition) is 4. The van der Waals surface area contributed by atoms with Gasteiger partial charge in [-0.1, -0.05) is 43.3 Å². The summed E-state index contributed by atoms with van der Waals surface area (Å²) in [6.07, 6.45) is 0.924. The molecule has 0 fully saturated rings. The Labute approximate surface area is 211 Å². The van der Waals surface area contributed by atoms with Crippen molar-refractivity contribution < 1.29 is 13.9 Å². The second kappa shape index (κ2) is 10.2. The molecule has 0 spiro atoms. The number of benzene rings is 4. The van der Waals surface area contributed by atoms with Gasteiger partial charge < -0.3 is 14.5 Å². The first-order chi connectivity index (χ1) is 17.1. The van der Waals surface area contributed by atoms with E-state index in [1.165, 1.54) is 5.56 Å².